The van der Waals surface area contributed by atoms with Crippen LogP contribution >= 0.6 is 0 Å². The van der Waals surface area contributed by atoms with Gasteiger partial charge in [-0.25, -0.2) is 4.79 Å². The molecular weight excluding hydrogens is 314 g/mol. The van der Waals surface area contributed by atoms with E-state index >= 15 is 0 Å². The number of nitrogens with zero attached hydrogens (tertiary/aromatic N) is 1. The average Bonchev–Trinajstić information content (AvgIpc) is 2.63. The second kappa shape index (κ2) is 7.97. The normalized spacial score (nSPS) is 11.0. The zero-order valence-corrected chi connectivity index (χ0v) is 14.7. The van der Waals surface area contributed by atoms with E-state index in [0.29, 0.717) is 17.6 Å². The van der Waals surface area contributed by atoms with Crippen LogP contribution < -0.4 is 10.4 Å². The minimum Gasteiger partial charge on any atom is -0.496 e. The summed E-state index contributed by atoms with van der Waals surface area (Å²) in [5.41, 5.74) is 3.08. The van der Waals surface area contributed by atoms with Gasteiger partial charge in [0.05, 0.1) is 12.5 Å². The molecule has 0 aliphatic heterocycles. The third-order valence-corrected chi connectivity index (χ3v) is 4.38. The van der Waals surface area contributed by atoms with Gasteiger partial charge < -0.3 is 9.15 Å². The van der Waals surface area contributed by atoms with Gasteiger partial charge in [0.25, 0.3) is 0 Å². The quantitative estimate of drug-likeness (QED) is 0.470. The molecule has 0 radical (unpaired) electrons. The Bertz CT molecular complexity index is 900. The fourth-order valence-corrected chi connectivity index (χ4v) is 3.02. The summed E-state index contributed by atoms with van der Waals surface area (Å²) in [6.07, 6.45) is 8.41. The highest BCUT2D eigenvalue weighted by atomic mass is 16.5. The fraction of sp³-hybridized carbons (Fsp3) is 0.333. The number of rotatable bonds is 7. The lowest BCUT2D eigenvalue weighted by atomic mass is 10.0. The van der Waals surface area contributed by atoms with Crippen LogP contribution in [0.2, 0.25) is 0 Å². The van der Waals surface area contributed by atoms with Crippen molar-refractivity contribution in [1.29, 1.82) is 0 Å². The van der Waals surface area contributed by atoms with Gasteiger partial charge in [0, 0.05) is 24.4 Å². The van der Waals surface area contributed by atoms with E-state index in [4.69, 9.17) is 9.15 Å². The number of ether oxygens (including phenoxy) is 1. The molecule has 2 aromatic heterocycles. The van der Waals surface area contributed by atoms with Crippen molar-refractivity contribution in [1.82, 2.24) is 4.98 Å². The van der Waals surface area contributed by atoms with Gasteiger partial charge in [0.15, 0.2) is 0 Å². The van der Waals surface area contributed by atoms with Gasteiger partial charge in [0.1, 0.15) is 11.3 Å². The van der Waals surface area contributed by atoms with Gasteiger partial charge in [-0.15, -0.1) is 0 Å². The number of aromatic nitrogens is 1. The third-order valence-electron chi connectivity index (χ3n) is 4.38. The standard InChI is InChI=1S/C21H23NO3/c1-3-4-5-6-16-12-19(24-2)18-14-17(21(23)25-20(18)13-16)11-15-7-9-22-10-8-15/h7-10,12-14H,3-6,11H2,1-2H3. The van der Waals surface area contributed by atoms with Gasteiger partial charge >= 0.3 is 5.63 Å². The first-order valence-corrected chi connectivity index (χ1v) is 8.73. The topological polar surface area (TPSA) is 52.3 Å². The summed E-state index contributed by atoms with van der Waals surface area (Å²) in [6.45, 7) is 2.18. The first-order chi connectivity index (χ1) is 12.2. The summed E-state index contributed by atoms with van der Waals surface area (Å²) in [7, 11) is 1.65. The number of aryl methyl sites for hydroxylation is 1. The van der Waals surface area contributed by atoms with Gasteiger partial charge in [-0.3, -0.25) is 4.98 Å². The van der Waals surface area contributed by atoms with Gasteiger partial charge in [0.2, 0.25) is 0 Å². The molecule has 3 rings (SSSR count). The first kappa shape index (κ1) is 17.2. The Labute approximate surface area is 147 Å². The van der Waals surface area contributed by atoms with Gasteiger partial charge in [-0.1, -0.05) is 19.8 Å². The van der Waals surface area contributed by atoms with Crippen molar-refractivity contribution < 1.29 is 9.15 Å². The second-order valence-electron chi connectivity index (χ2n) is 6.26. The molecule has 0 atom stereocenters. The molecule has 130 valence electrons. The minimum atomic E-state index is -0.294. The molecule has 0 aliphatic carbocycles. The van der Waals surface area contributed by atoms with Crippen LogP contribution in [-0.4, -0.2) is 12.1 Å². The summed E-state index contributed by atoms with van der Waals surface area (Å²) >= 11 is 0. The van der Waals surface area contributed by atoms with Crippen LogP contribution in [-0.2, 0) is 12.8 Å². The van der Waals surface area contributed by atoms with Crippen LogP contribution in [0.15, 0.2) is 51.9 Å². The molecule has 0 saturated carbocycles. The van der Waals surface area contributed by atoms with Crippen LogP contribution in [0.25, 0.3) is 11.0 Å². The molecule has 4 heteroatoms. The maximum absolute atomic E-state index is 12.4. The molecule has 0 spiro atoms. The van der Waals surface area contributed by atoms with Gasteiger partial charge in [-0.05, 0) is 54.3 Å². The third kappa shape index (κ3) is 4.08. The number of pyridine rings is 1. The number of fused-ring (bicyclic) bond motifs is 1. The van der Waals surface area contributed by atoms with E-state index in [1.54, 1.807) is 19.5 Å². The molecule has 1 aromatic carbocycles. The number of hydrogen-bond donors (Lipinski definition) is 0. The van der Waals surface area contributed by atoms with Crippen molar-refractivity contribution in [3.05, 3.63) is 69.8 Å². The number of methoxy groups -OCH3 is 1. The highest BCUT2D eigenvalue weighted by Gasteiger charge is 2.12. The van der Waals surface area contributed by atoms with Crippen LogP contribution in [0.1, 0.15) is 42.9 Å². The molecular formula is C21H23NO3. The summed E-state index contributed by atoms with van der Waals surface area (Å²) in [4.78, 5) is 16.4. The first-order valence-electron chi connectivity index (χ1n) is 8.73. The predicted molar refractivity (Wildman–Crippen MR) is 99.3 cm³/mol. The number of unbranched alkanes of at least 4 members (excludes halogenated alkanes) is 2. The Morgan fingerprint density at radius 1 is 1.08 bits per heavy atom. The largest absolute Gasteiger partial charge is 0.496 e. The molecule has 2 heterocycles. The van der Waals surface area contributed by atoms with Crippen molar-refractivity contribution in [2.24, 2.45) is 0 Å². The van der Waals surface area contributed by atoms with E-state index < -0.39 is 0 Å². The van der Waals surface area contributed by atoms with Crippen LogP contribution in [0, 0.1) is 0 Å². The Balaban J connectivity index is 1.98. The molecule has 0 aliphatic rings. The van der Waals surface area contributed by atoms with Crippen molar-refractivity contribution in [3.8, 4) is 5.75 Å². The Morgan fingerprint density at radius 3 is 2.60 bits per heavy atom. The predicted octanol–water partition coefficient (Wildman–Crippen LogP) is 4.52. The SMILES string of the molecule is CCCCCc1cc(OC)c2cc(Cc3ccncc3)c(=O)oc2c1. The molecule has 0 N–H and O–H groups in total. The Morgan fingerprint density at radius 2 is 1.88 bits per heavy atom. The van der Waals surface area contributed by atoms with Crippen molar-refractivity contribution >= 4 is 11.0 Å². The number of hydrogen-bond acceptors (Lipinski definition) is 4. The van der Waals surface area contributed by atoms with E-state index in [0.717, 1.165) is 35.1 Å². The molecule has 0 unspecified atom stereocenters. The van der Waals surface area contributed by atoms with E-state index in [1.807, 2.05) is 30.3 Å². The highest BCUT2D eigenvalue weighted by molar-refractivity contribution is 5.84. The lowest BCUT2D eigenvalue weighted by Crippen LogP contribution is -2.08. The molecule has 0 fully saturated rings. The number of benzene rings is 1. The smallest absolute Gasteiger partial charge is 0.339 e. The average molecular weight is 337 g/mol. The maximum atomic E-state index is 12.4. The molecule has 0 amide bonds. The molecule has 0 saturated heterocycles. The van der Waals surface area contributed by atoms with E-state index in [9.17, 15) is 4.79 Å². The van der Waals surface area contributed by atoms with Crippen LogP contribution in [0.4, 0.5) is 0 Å². The highest BCUT2D eigenvalue weighted by Crippen LogP contribution is 2.28. The van der Waals surface area contributed by atoms with E-state index in [2.05, 4.69) is 11.9 Å². The summed E-state index contributed by atoms with van der Waals surface area (Å²) < 4.78 is 11.2. The zero-order chi connectivity index (χ0) is 17.6. The Kier molecular flexibility index (Phi) is 5.49. The molecule has 4 nitrogen and oxygen atoms in total. The summed E-state index contributed by atoms with van der Waals surface area (Å²) in [5, 5.41) is 0.838. The van der Waals surface area contributed by atoms with Crippen LogP contribution in [0.5, 0.6) is 5.75 Å². The van der Waals surface area contributed by atoms with Crippen molar-refractivity contribution in [2.45, 2.75) is 39.0 Å². The molecule has 0 bridgehead atoms. The summed E-state index contributed by atoms with van der Waals surface area (Å²) in [6, 6.07) is 9.70. The lowest BCUT2D eigenvalue weighted by Gasteiger charge is -2.10. The molecule has 3 aromatic rings. The van der Waals surface area contributed by atoms with E-state index in [1.165, 1.54) is 12.8 Å². The minimum absolute atomic E-state index is 0.294. The monoisotopic (exact) mass is 337 g/mol. The van der Waals surface area contributed by atoms with Crippen molar-refractivity contribution in [3.63, 3.8) is 0 Å². The lowest BCUT2D eigenvalue weighted by molar-refractivity contribution is 0.418. The van der Waals surface area contributed by atoms with Crippen molar-refractivity contribution in [2.75, 3.05) is 7.11 Å². The summed E-state index contributed by atoms with van der Waals surface area (Å²) in [5.74, 6) is 0.753. The van der Waals surface area contributed by atoms with E-state index in [-0.39, 0.29) is 5.63 Å². The second-order valence-corrected chi connectivity index (χ2v) is 6.26. The van der Waals surface area contributed by atoms with Crippen LogP contribution in [0.3, 0.4) is 0 Å². The van der Waals surface area contributed by atoms with Gasteiger partial charge in [-0.2, -0.15) is 0 Å². The maximum Gasteiger partial charge on any atom is 0.339 e. The Hall–Kier alpha value is -2.62. The molecule has 25 heavy (non-hydrogen) atoms. The zero-order valence-electron chi connectivity index (χ0n) is 14.7. The fourth-order valence-electron chi connectivity index (χ4n) is 3.02.